The summed E-state index contributed by atoms with van der Waals surface area (Å²) in [5, 5.41) is 7.51. The second-order valence-electron chi connectivity index (χ2n) is 5.07. The van der Waals surface area contributed by atoms with E-state index < -0.39 is 0 Å². The fourth-order valence-corrected chi connectivity index (χ4v) is 2.25. The summed E-state index contributed by atoms with van der Waals surface area (Å²) in [6, 6.07) is 13.0. The first-order chi connectivity index (χ1) is 12.7. The fourth-order valence-electron chi connectivity index (χ4n) is 2.08. The minimum Gasteiger partial charge on any atom is -0.493 e. The zero-order valence-electron chi connectivity index (χ0n) is 14.7. The molecule has 2 aromatic rings. The van der Waals surface area contributed by atoms with E-state index in [0.717, 1.165) is 17.0 Å². The van der Waals surface area contributed by atoms with Crippen molar-refractivity contribution in [1.82, 2.24) is 5.43 Å². The van der Waals surface area contributed by atoms with Crippen molar-refractivity contribution in [3.63, 3.8) is 0 Å². The first-order valence-corrected chi connectivity index (χ1v) is 8.23. The molecule has 0 fully saturated rings. The van der Waals surface area contributed by atoms with E-state index in [1.165, 1.54) is 0 Å². The molecule has 2 rings (SSSR count). The molecular weight excluding hydrogens is 350 g/mol. The molecule has 0 amide bonds. The minimum atomic E-state index is 0.354. The number of rotatable bonds is 8. The summed E-state index contributed by atoms with van der Waals surface area (Å²) in [6.07, 6.45) is 3.35. The van der Waals surface area contributed by atoms with E-state index in [4.69, 9.17) is 26.4 Å². The Kier molecular flexibility index (Phi) is 7.45. The molecule has 0 saturated heterocycles. The van der Waals surface area contributed by atoms with Crippen LogP contribution in [0.15, 0.2) is 60.2 Å². The molecule has 6 nitrogen and oxygen atoms in total. The number of nitrogens with one attached hydrogen (secondary N) is 2. The second-order valence-corrected chi connectivity index (χ2v) is 5.47. The quantitative estimate of drug-likeness (QED) is 0.320. The monoisotopic (exact) mass is 371 g/mol. The normalized spacial score (nSPS) is 10.2. The first-order valence-electron chi connectivity index (χ1n) is 7.82. The van der Waals surface area contributed by atoms with E-state index >= 15 is 0 Å². The summed E-state index contributed by atoms with van der Waals surface area (Å²) in [4.78, 5) is 0. The van der Waals surface area contributed by atoms with Gasteiger partial charge in [0.05, 0.1) is 20.4 Å². The number of hydrazone groups is 1. The number of benzene rings is 2. The molecule has 0 aliphatic heterocycles. The van der Waals surface area contributed by atoms with Crippen molar-refractivity contribution in [1.29, 1.82) is 0 Å². The number of hydrogen-bond donors (Lipinski definition) is 2. The maximum absolute atomic E-state index is 5.48. The van der Waals surface area contributed by atoms with E-state index in [9.17, 15) is 0 Å². The van der Waals surface area contributed by atoms with Crippen LogP contribution in [-0.4, -0.2) is 32.2 Å². The summed E-state index contributed by atoms with van der Waals surface area (Å²) in [6.45, 7) is 4.08. The number of ether oxygens (including phenoxy) is 3. The van der Waals surface area contributed by atoms with Crippen molar-refractivity contribution < 1.29 is 14.2 Å². The Morgan fingerprint density at radius 2 is 1.96 bits per heavy atom. The predicted molar refractivity (Wildman–Crippen MR) is 109 cm³/mol. The van der Waals surface area contributed by atoms with Gasteiger partial charge in [-0.1, -0.05) is 24.8 Å². The smallest absolute Gasteiger partial charge is 0.191 e. The lowest BCUT2D eigenvalue weighted by molar-refractivity contribution is 0.355. The third kappa shape index (κ3) is 5.78. The van der Waals surface area contributed by atoms with E-state index in [0.29, 0.717) is 23.2 Å². The predicted octanol–water partition coefficient (Wildman–Crippen LogP) is 3.59. The SMILES string of the molecule is C=CCOc1cccc(/C=N\NC(=S)Nc2ccc(OC)c(OC)c2)c1. The Balaban J connectivity index is 1.92. The number of nitrogens with zero attached hydrogens (tertiary/aromatic N) is 1. The summed E-state index contributed by atoms with van der Waals surface area (Å²) in [5.74, 6) is 2.01. The first kappa shape index (κ1) is 19.3. The highest BCUT2D eigenvalue weighted by Crippen LogP contribution is 2.29. The fraction of sp³-hybridized carbons (Fsp3) is 0.158. The van der Waals surface area contributed by atoms with Crippen LogP contribution in [0.2, 0.25) is 0 Å². The van der Waals surface area contributed by atoms with Gasteiger partial charge in [0.25, 0.3) is 0 Å². The van der Waals surface area contributed by atoms with Crippen LogP contribution in [-0.2, 0) is 0 Å². The van der Waals surface area contributed by atoms with Gasteiger partial charge in [-0.3, -0.25) is 5.43 Å². The molecule has 0 spiro atoms. The molecule has 0 atom stereocenters. The summed E-state index contributed by atoms with van der Waals surface area (Å²) >= 11 is 5.23. The van der Waals surface area contributed by atoms with E-state index in [1.807, 2.05) is 30.3 Å². The maximum Gasteiger partial charge on any atom is 0.191 e. The van der Waals surface area contributed by atoms with Crippen LogP contribution in [0.3, 0.4) is 0 Å². The van der Waals surface area contributed by atoms with Gasteiger partial charge in [-0.15, -0.1) is 0 Å². The van der Waals surface area contributed by atoms with E-state index in [2.05, 4.69) is 22.4 Å². The second kappa shape index (κ2) is 10.0. The van der Waals surface area contributed by atoms with Gasteiger partial charge >= 0.3 is 0 Å². The molecular formula is C19H21N3O3S. The Bertz CT molecular complexity index is 793. The Morgan fingerprint density at radius 1 is 1.15 bits per heavy atom. The van der Waals surface area contributed by atoms with Crippen molar-refractivity contribution in [2.45, 2.75) is 0 Å². The van der Waals surface area contributed by atoms with Crippen molar-refractivity contribution >= 4 is 29.2 Å². The number of thiocarbonyl (C=S) groups is 1. The molecule has 0 aromatic heterocycles. The zero-order chi connectivity index (χ0) is 18.8. The minimum absolute atomic E-state index is 0.354. The molecule has 7 heteroatoms. The lowest BCUT2D eigenvalue weighted by atomic mass is 10.2. The van der Waals surface area contributed by atoms with Gasteiger partial charge in [-0.05, 0) is 42.0 Å². The van der Waals surface area contributed by atoms with Gasteiger partial charge in [0.1, 0.15) is 12.4 Å². The molecule has 0 heterocycles. The topological polar surface area (TPSA) is 64.1 Å². The average molecular weight is 371 g/mol. The molecule has 0 aliphatic carbocycles. The van der Waals surface area contributed by atoms with Crippen LogP contribution < -0.4 is 25.0 Å². The van der Waals surface area contributed by atoms with Crippen LogP contribution in [0.5, 0.6) is 17.2 Å². The van der Waals surface area contributed by atoms with Gasteiger partial charge in [-0.25, -0.2) is 0 Å². The molecule has 2 aromatic carbocycles. The molecule has 0 radical (unpaired) electrons. The third-order valence-electron chi connectivity index (χ3n) is 3.25. The van der Waals surface area contributed by atoms with Gasteiger partial charge in [-0.2, -0.15) is 5.10 Å². The molecule has 2 N–H and O–H groups in total. The van der Waals surface area contributed by atoms with Crippen molar-refractivity contribution in [3.05, 3.63) is 60.7 Å². The Hall–Kier alpha value is -3.06. The van der Waals surface area contributed by atoms with Gasteiger partial charge in [0.15, 0.2) is 16.6 Å². The van der Waals surface area contributed by atoms with Crippen LogP contribution in [0, 0.1) is 0 Å². The molecule has 0 bridgehead atoms. The molecule has 0 unspecified atom stereocenters. The summed E-state index contributed by atoms with van der Waals surface area (Å²) < 4.78 is 15.9. The molecule has 136 valence electrons. The molecule has 0 saturated carbocycles. The van der Waals surface area contributed by atoms with Gasteiger partial charge in [0.2, 0.25) is 0 Å². The van der Waals surface area contributed by atoms with Gasteiger partial charge < -0.3 is 19.5 Å². The van der Waals surface area contributed by atoms with Crippen molar-refractivity contribution in [2.75, 3.05) is 26.1 Å². The van der Waals surface area contributed by atoms with E-state index in [1.54, 1.807) is 38.6 Å². The lowest BCUT2D eigenvalue weighted by Gasteiger charge is -2.11. The molecule has 26 heavy (non-hydrogen) atoms. The van der Waals surface area contributed by atoms with Crippen LogP contribution in [0.4, 0.5) is 5.69 Å². The highest BCUT2D eigenvalue weighted by molar-refractivity contribution is 7.80. The van der Waals surface area contributed by atoms with Gasteiger partial charge in [0, 0.05) is 11.8 Å². The standard InChI is InChI=1S/C19H21N3O3S/c1-4-10-25-16-7-5-6-14(11-16)13-20-22-19(26)21-15-8-9-17(23-2)18(12-15)24-3/h4-9,11-13H,1,10H2,2-3H3,(H2,21,22,26)/b20-13-. The van der Waals surface area contributed by atoms with Crippen LogP contribution in [0.25, 0.3) is 0 Å². The third-order valence-corrected chi connectivity index (χ3v) is 3.44. The highest BCUT2D eigenvalue weighted by atomic mass is 32.1. The van der Waals surface area contributed by atoms with E-state index in [-0.39, 0.29) is 0 Å². The summed E-state index contributed by atoms with van der Waals surface area (Å²) in [5.41, 5.74) is 4.41. The lowest BCUT2D eigenvalue weighted by Crippen LogP contribution is -2.23. The summed E-state index contributed by atoms with van der Waals surface area (Å²) in [7, 11) is 3.17. The highest BCUT2D eigenvalue weighted by Gasteiger charge is 2.05. The van der Waals surface area contributed by atoms with Crippen molar-refractivity contribution in [3.8, 4) is 17.2 Å². The van der Waals surface area contributed by atoms with Crippen LogP contribution in [0.1, 0.15) is 5.56 Å². The molecule has 0 aliphatic rings. The van der Waals surface area contributed by atoms with Crippen molar-refractivity contribution in [2.24, 2.45) is 5.10 Å². The van der Waals surface area contributed by atoms with Crippen LogP contribution >= 0.6 is 12.2 Å². The average Bonchev–Trinajstić information content (AvgIpc) is 2.66. The maximum atomic E-state index is 5.48. The number of anilines is 1. The Morgan fingerprint density at radius 3 is 2.69 bits per heavy atom. The zero-order valence-corrected chi connectivity index (χ0v) is 15.5. The largest absolute Gasteiger partial charge is 0.493 e. The Labute approximate surface area is 158 Å². The number of methoxy groups -OCH3 is 2. The number of hydrogen-bond acceptors (Lipinski definition) is 5.